The molecule has 8 atom stereocenters. The van der Waals surface area contributed by atoms with Gasteiger partial charge in [-0.15, -0.1) is 0 Å². The second-order valence-electron chi connectivity index (χ2n) is 23.9. The SMILES string of the molecule is CC(C)C[C@H]1C(=O)O[C@H](Cc2ccc(Cn3cc(C(=O)N4CCCCC4)cn3)cc2)C(=O)N(C)[C@@H](CC(C)C)C(=O)O[C@H](C)C(=O)N(C)[C@@H](CC(C)C)C(=O)O[C@H](Cc2ccccc2)C(=O)N(C)[C@@H](CC(C)C)C(=O)O[C@H](C)C(=O)N1C. The Hall–Kier alpha value is -7.12. The summed E-state index contributed by atoms with van der Waals surface area (Å²) in [6.07, 6.45) is 0.333. The molecule has 20 heteroatoms. The highest BCUT2D eigenvalue weighted by Crippen LogP contribution is 2.25. The Morgan fingerprint density at radius 2 is 0.841 bits per heavy atom. The number of likely N-dealkylation sites (tertiary alicyclic amines) is 1. The van der Waals surface area contributed by atoms with Crippen molar-refractivity contribution in [2.75, 3.05) is 41.3 Å². The van der Waals surface area contributed by atoms with E-state index in [2.05, 4.69) is 5.10 Å². The number of likely N-dealkylation sites (N-methyl/N-ethyl adjacent to an activating group) is 4. The van der Waals surface area contributed by atoms with Crippen molar-refractivity contribution in [2.45, 2.75) is 182 Å². The molecule has 3 heterocycles. The lowest BCUT2D eigenvalue weighted by Crippen LogP contribution is -2.55. The van der Waals surface area contributed by atoms with E-state index in [0.717, 1.165) is 44.4 Å². The zero-order chi connectivity index (χ0) is 60.7. The van der Waals surface area contributed by atoms with Crippen molar-refractivity contribution in [3.05, 3.63) is 89.2 Å². The quantitative estimate of drug-likeness (QED) is 0.117. The first-order chi connectivity index (χ1) is 38.7. The highest BCUT2D eigenvalue weighted by molar-refractivity contribution is 5.95. The molecule has 0 unspecified atom stereocenters. The van der Waals surface area contributed by atoms with Crippen molar-refractivity contribution in [3.8, 4) is 0 Å². The molecule has 450 valence electrons. The molecule has 0 spiro atoms. The molecular formula is C62H89N7O13. The number of rotatable bonds is 15. The maximum Gasteiger partial charge on any atom is 0.329 e. The van der Waals surface area contributed by atoms with Crippen LogP contribution in [0.4, 0.5) is 0 Å². The number of piperidine rings is 1. The average molecular weight is 1140 g/mol. The first kappa shape index (κ1) is 65.7. The maximum absolute atomic E-state index is 15.1. The number of nitrogens with zero attached hydrogens (tertiary/aromatic N) is 7. The van der Waals surface area contributed by atoms with Gasteiger partial charge in [-0.1, -0.05) is 110 Å². The molecule has 2 aliphatic heterocycles. The van der Waals surface area contributed by atoms with Crippen LogP contribution in [-0.2, 0) is 76.7 Å². The van der Waals surface area contributed by atoms with Crippen molar-refractivity contribution < 1.29 is 62.1 Å². The second kappa shape index (κ2) is 30.3. The fraction of sp³-hybridized carbons (Fsp3) is 0.613. The van der Waals surface area contributed by atoms with Crippen molar-refractivity contribution in [3.63, 3.8) is 0 Å². The summed E-state index contributed by atoms with van der Waals surface area (Å²) in [6, 6.07) is 10.9. The summed E-state index contributed by atoms with van der Waals surface area (Å²) in [6.45, 7) is 19.2. The molecule has 0 radical (unpaired) electrons. The number of amides is 5. The van der Waals surface area contributed by atoms with Gasteiger partial charge in [0.1, 0.15) is 24.2 Å². The number of carbonyl (C=O) groups excluding carboxylic acids is 9. The Kier molecular flexibility index (Phi) is 24.2. The van der Waals surface area contributed by atoms with Crippen molar-refractivity contribution in [1.82, 2.24) is 34.3 Å². The number of cyclic esters (lactones) is 4. The molecule has 2 aliphatic rings. The molecule has 2 fully saturated rings. The molecule has 5 amide bonds. The molecule has 0 N–H and O–H groups in total. The number of benzene rings is 2. The first-order valence-electron chi connectivity index (χ1n) is 29.0. The van der Waals surface area contributed by atoms with Crippen LogP contribution in [0, 0.1) is 23.7 Å². The Labute approximate surface area is 484 Å². The minimum absolute atomic E-state index is 0.0599. The van der Waals surface area contributed by atoms with Crippen LogP contribution in [0.3, 0.4) is 0 Å². The largest absolute Gasteiger partial charge is 0.451 e. The molecule has 5 rings (SSSR count). The average Bonchev–Trinajstić information content (AvgIpc) is 4.08. The van der Waals surface area contributed by atoms with E-state index in [0.29, 0.717) is 36.3 Å². The Bertz CT molecular complexity index is 2650. The molecule has 0 saturated carbocycles. The van der Waals surface area contributed by atoms with E-state index in [1.807, 2.05) is 72.4 Å². The predicted octanol–water partition coefficient (Wildman–Crippen LogP) is 6.54. The highest BCUT2D eigenvalue weighted by Gasteiger charge is 2.43. The van der Waals surface area contributed by atoms with E-state index in [1.165, 1.54) is 42.0 Å². The summed E-state index contributed by atoms with van der Waals surface area (Å²) in [4.78, 5) is 136. The summed E-state index contributed by atoms with van der Waals surface area (Å²) in [5.74, 6) is -7.53. The molecular weight excluding hydrogens is 1050 g/mol. The monoisotopic (exact) mass is 1140 g/mol. The standard InChI is InChI=1S/C62H89N7O13/c1-38(2)29-48-59(75)79-43(10)55(71)65(12)51(32-41(7)8)62(78)82-53(34-45-23-25-46(26-24-45)36-69-37-47(35-63-69)56(72)68-27-19-16-20-28-68)58(74)67(14)49(30-39(3)4)60(76)80-42(9)54(70)64(11)50(31-40(5)6)61(77)81-52(57(73)66(48)13)33-44-21-17-15-18-22-44/h15,17-18,21-26,35,37-43,48-53H,16,19-20,27-34,36H2,1-14H3/t42-,43-,48+,49+,50+,51+,52-,53-/m1/s1. The van der Waals surface area contributed by atoms with Crippen LogP contribution in [0.5, 0.6) is 0 Å². The summed E-state index contributed by atoms with van der Waals surface area (Å²) in [5.41, 5.74) is 2.54. The topological polar surface area (TPSA) is 225 Å². The highest BCUT2D eigenvalue weighted by atomic mass is 16.6. The Morgan fingerprint density at radius 1 is 0.488 bits per heavy atom. The molecule has 3 aromatic rings. The van der Waals surface area contributed by atoms with Gasteiger partial charge in [-0.3, -0.25) is 28.7 Å². The Morgan fingerprint density at radius 3 is 1.23 bits per heavy atom. The van der Waals surface area contributed by atoms with Crippen LogP contribution in [0.25, 0.3) is 0 Å². The van der Waals surface area contributed by atoms with Crippen LogP contribution in [-0.4, -0.2) is 178 Å². The third kappa shape index (κ3) is 18.2. The van der Waals surface area contributed by atoms with E-state index in [1.54, 1.807) is 59.5 Å². The number of esters is 4. The molecule has 2 saturated heterocycles. The van der Waals surface area contributed by atoms with Crippen molar-refractivity contribution in [1.29, 1.82) is 0 Å². The van der Waals surface area contributed by atoms with Gasteiger partial charge in [0.05, 0.1) is 18.3 Å². The van der Waals surface area contributed by atoms with E-state index in [4.69, 9.17) is 18.9 Å². The van der Waals surface area contributed by atoms with Gasteiger partial charge >= 0.3 is 23.9 Å². The van der Waals surface area contributed by atoms with Gasteiger partial charge in [0, 0.05) is 60.3 Å². The van der Waals surface area contributed by atoms with Gasteiger partial charge in [-0.2, -0.15) is 5.10 Å². The van der Waals surface area contributed by atoms with E-state index in [-0.39, 0.29) is 68.1 Å². The first-order valence-corrected chi connectivity index (χ1v) is 29.0. The summed E-state index contributed by atoms with van der Waals surface area (Å²) in [7, 11) is 5.54. The van der Waals surface area contributed by atoms with Gasteiger partial charge < -0.3 is 43.4 Å². The fourth-order valence-corrected chi connectivity index (χ4v) is 10.3. The number of carbonyl (C=O) groups is 9. The lowest BCUT2D eigenvalue weighted by molar-refractivity contribution is -0.176. The van der Waals surface area contributed by atoms with Crippen LogP contribution in [0.2, 0.25) is 0 Å². The minimum Gasteiger partial charge on any atom is -0.451 e. The smallest absolute Gasteiger partial charge is 0.329 e. The number of ether oxygens (including phenoxy) is 4. The second-order valence-corrected chi connectivity index (χ2v) is 23.9. The molecule has 2 aromatic carbocycles. The number of hydrogen-bond donors (Lipinski definition) is 0. The van der Waals surface area contributed by atoms with Gasteiger partial charge in [0.25, 0.3) is 29.5 Å². The zero-order valence-corrected chi connectivity index (χ0v) is 50.7. The third-order valence-corrected chi connectivity index (χ3v) is 15.1. The molecule has 0 aliphatic carbocycles. The van der Waals surface area contributed by atoms with Gasteiger partial charge in [0.2, 0.25) is 0 Å². The maximum atomic E-state index is 15.1. The summed E-state index contributed by atoms with van der Waals surface area (Å²) in [5, 5.41) is 4.44. The Balaban J connectivity index is 1.55. The number of hydrogen-bond acceptors (Lipinski definition) is 14. The lowest BCUT2D eigenvalue weighted by atomic mass is 9.99. The zero-order valence-electron chi connectivity index (χ0n) is 50.7. The van der Waals surface area contributed by atoms with Crippen LogP contribution >= 0.6 is 0 Å². The van der Waals surface area contributed by atoms with Crippen LogP contribution in [0.15, 0.2) is 67.0 Å². The third-order valence-electron chi connectivity index (χ3n) is 15.1. The van der Waals surface area contributed by atoms with E-state index < -0.39 is 96.1 Å². The van der Waals surface area contributed by atoms with Crippen molar-refractivity contribution >= 4 is 53.4 Å². The van der Waals surface area contributed by atoms with Gasteiger partial charge in [0.15, 0.2) is 24.4 Å². The van der Waals surface area contributed by atoms with E-state index in [9.17, 15) is 38.4 Å². The van der Waals surface area contributed by atoms with Gasteiger partial charge in [-0.25, -0.2) is 19.2 Å². The normalized spacial score (nSPS) is 24.0. The summed E-state index contributed by atoms with van der Waals surface area (Å²) >= 11 is 0. The molecule has 20 nitrogen and oxygen atoms in total. The van der Waals surface area contributed by atoms with Crippen LogP contribution < -0.4 is 0 Å². The predicted molar refractivity (Wildman–Crippen MR) is 306 cm³/mol. The molecule has 1 aromatic heterocycles. The van der Waals surface area contributed by atoms with Crippen molar-refractivity contribution in [2.24, 2.45) is 23.7 Å². The molecule has 0 bridgehead atoms. The lowest BCUT2D eigenvalue weighted by Gasteiger charge is -2.35. The van der Waals surface area contributed by atoms with Crippen LogP contribution in [0.1, 0.15) is 141 Å². The molecule has 82 heavy (non-hydrogen) atoms. The minimum atomic E-state index is -1.57. The number of aromatic nitrogens is 2. The fourth-order valence-electron chi connectivity index (χ4n) is 10.3. The van der Waals surface area contributed by atoms with Gasteiger partial charge in [-0.05, 0) is 99.2 Å². The van der Waals surface area contributed by atoms with E-state index >= 15 is 4.79 Å². The summed E-state index contributed by atoms with van der Waals surface area (Å²) < 4.78 is 25.8.